The molecule has 0 atom stereocenters. The standard InChI is InChI=1S/C24H21N3O8S2/c1-27(2)20-8-3-12(21-23(28)15-10-13(36(30,31)32)4-6-18(15)25-21)9-17(20)22-24(29)16-11-14(37(33,34)35)5-7-19(16)26-22/h3-11,25-26,28-29H,1-2H3,(H,30,31,32)(H,33,34,35). The van der Waals surface area contributed by atoms with Gasteiger partial charge in [-0.1, -0.05) is 6.07 Å². The molecule has 3 aromatic carbocycles. The summed E-state index contributed by atoms with van der Waals surface area (Å²) in [7, 11) is -5.35. The molecule has 0 aliphatic rings. The van der Waals surface area contributed by atoms with Crippen LogP contribution in [0.5, 0.6) is 11.5 Å². The Hall–Kier alpha value is -4.04. The first-order valence-electron chi connectivity index (χ1n) is 10.7. The van der Waals surface area contributed by atoms with Crippen molar-refractivity contribution in [2.45, 2.75) is 9.79 Å². The third kappa shape index (κ3) is 4.17. The second-order valence-corrected chi connectivity index (χ2v) is 11.5. The Bertz CT molecular complexity index is 1940. The van der Waals surface area contributed by atoms with Gasteiger partial charge in [0.05, 0.1) is 21.2 Å². The molecular weight excluding hydrogens is 522 g/mol. The van der Waals surface area contributed by atoms with E-state index >= 15 is 0 Å². The van der Waals surface area contributed by atoms with Crippen molar-refractivity contribution in [3.8, 4) is 34.0 Å². The molecule has 0 fully saturated rings. The molecule has 0 saturated carbocycles. The fourth-order valence-electron chi connectivity index (χ4n) is 4.32. The highest BCUT2D eigenvalue weighted by molar-refractivity contribution is 7.86. The summed E-state index contributed by atoms with van der Waals surface area (Å²) in [4.78, 5) is 7.19. The van der Waals surface area contributed by atoms with E-state index in [9.17, 15) is 36.2 Å². The lowest BCUT2D eigenvalue weighted by molar-refractivity contribution is 0.479. The molecule has 0 bridgehead atoms. The largest absolute Gasteiger partial charge is 0.505 e. The van der Waals surface area contributed by atoms with Crippen LogP contribution in [0.1, 0.15) is 0 Å². The van der Waals surface area contributed by atoms with Crippen molar-refractivity contribution in [2.75, 3.05) is 19.0 Å². The summed E-state index contributed by atoms with van der Waals surface area (Å²) >= 11 is 0. The minimum absolute atomic E-state index is 0.187. The molecule has 0 spiro atoms. The van der Waals surface area contributed by atoms with Crippen LogP contribution in [0, 0.1) is 0 Å². The average Bonchev–Trinajstić information content (AvgIpc) is 3.33. The number of rotatable bonds is 5. The van der Waals surface area contributed by atoms with Gasteiger partial charge in [0.15, 0.2) is 0 Å². The normalized spacial score (nSPS) is 12.4. The summed E-state index contributed by atoms with van der Waals surface area (Å²) in [6.07, 6.45) is 0. The van der Waals surface area contributed by atoms with Gasteiger partial charge in [0.2, 0.25) is 0 Å². The van der Waals surface area contributed by atoms with Gasteiger partial charge in [-0.2, -0.15) is 16.8 Å². The molecule has 5 rings (SSSR count). The minimum atomic E-state index is -4.48. The van der Waals surface area contributed by atoms with E-state index in [1.54, 1.807) is 37.2 Å². The molecule has 11 nitrogen and oxygen atoms in total. The zero-order valence-electron chi connectivity index (χ0n) is 19.4. The number of aromatic hydroxyl groups is 2. The summed E-state index contributed by atoms with van der Waals surface area (Å²) in [5.41, 5.74) is 3.12. The molecule has 0 aliphatic carbocycles. The molecule has 192 valence electrons. The van der Waals surface area contributed by atoms with Crippen LogP contribution in [0.4, 0.5) is 5.69 Å². The highest BCUT2D eigenvalue weighted by Crippen LogP contribution is 2.44. The van der Waals surface area contributed by atoms with Crippen molar-refractivity contribution in [3.63, 3.8) is 0 Å². The molecule has 0 amide bonds. The zero-order valence-corrected chi connectivity index (χ0v) is 21.0. The number of fused-ring (bicyclic) bond motifs is 2. The molecule has 13 heteroatoms. The van der Waals surface area contributed by atoms with Gasteiger partial charge in [-0.25, -0.2) is 0 Å². The molecule has 0 radical (unpaired) electrons. The molecule has 0 saturated heterocycles. The maximum Gasteiger partial charge on any atom is 0.294 e. The van der Waals surface area contributed by atoms with Crippen molar-refractivity contribution in [3.05, 3.63) is 54.6 Å². The van der Waals surface area contributed by atoms with Crippen LogP contribution >= 0.6 is 0 Å². The van der Waals surface area contributed by atoms with Crippen molar-refractivity contribution in [1.29, 1.82) is 0 Å². The number of nitrogens with zero attached hydrogens (tertiary/aromatic N) is 1. The number of aromatic amines is 2. The topological polar surface area (TPSA) is 184 Å². The maximum absolute atomic E-state index is 11.6. The Labute approximate surface area is 211 Å². The van der Waals surface area contributed by atoms with Gasteiger partial charge in [-0.15, -0.1) is 0 Å². The zero-order chi connectivity index (χ0) is 26.9. The van der Waals surface area contributed by atoms with Crippen molar-refractivity contribution in [1.82, 2.24) is 9.97 Å². The minimum Gasteiger partial charge on any atom is -0.505 e. The first-order chi connectivity index (χ1) is 17.3. The smallest absolute Gasteiger partial charge is 0.294 e. The van der Waals surface area contributed by atoms with Crippen LogP contribution in [0.2, 0.25) is 0 Å². The van der Waals surface area contributed by atoms with E-state index in [0.29, 0.717) is 27.8 Å². The van der Waals surface area contributed by atoms with Crippen molar-refractivity contribution in [2.24, 2.45) is 0 Å². The number of hydrogen-bond donors (Lipinski definition) is 6. The number of H-pyrrole nitrogens is 2. The lowest BCUT2D eigenvalue weighted by Gasteiger charge is -2.18. The van der Waals surface area contributed by atoms with Crippen LogP contribution in [-0.4, -0.2) is 60.2 Å². The quantitative estimate of drug-likeness (QED) is 0.179. The first-order valence-corrected chi connectivity index (χ1v) is 13.6. The van der Waals surface area contributed by atoms with Crippen LogP contribution in [-0.2, 0) is 20.2 Å². The van der Waals surface area contributed by atoms with Crippen LogP contribution < -0.4 is 4.90 Å². The Morgan fingerprint density at radius 1 is 0.676 bits per heavy atom. The average molecular weight is 544 g/mol. The number of benzene rings is 3. The Morgan fingerprint density at radius 3 is 1.65 bits per heavy atom. The van der Waals surface area contributed by atoms with Crippen molar-refractivity contribution >= 4 is 47.7 Å². The van der Waals surface area contributed by atoms with E-state index in [0.717, 1.165) is 12.1 Å². The van der Waals surface area contributed by atoms with Crippen LogP contribution in [0.15, 0.2) is 64.4 Å². The van der Waals surface area contributed by atoms with Crippen LogP contribution in [0.3, 0.4) is 0 Å². The number of hydrogen-bond acceptors (Lipinski definition) is 7. The van der Waals surface area contributed by atoms with E-state index in [-0.39, 0.29) is 43.5 Å². The van der Waals surface area contributed by atoms with E-state index in [2.05, 4.69) is 9.97 Å². The van der Waals surface area contributed by atoms with Gasteiger partial charge in [0.1, 0.15) is 11.5 Å². The highest BCUT2D eigenvalue weighted by atomic mass is 32.2. The van der Waals surface area contributed by atoms with E-state index in [1.165, 1.54) is 24.3 Å². The van der Waals surface area contributed by atoms with Crippen LogP contribution in [0.25, 0.3) is 44.3 Å². The number of nitrogens with one attached hydrogen (secondary N) is 2. The lowest BCUT2D eigenvalue weighted by Crippen LogP contribution is -2.10. The van der Waals surface area contributed by atoms with Gasteiger partial charge in [0.25, 0.3) is 20.2 Å². The van der Waals surface area contributed by atoms with Gasteiger partial charge in [-0.3, -0.25) is 9.11 Å². The van der Waals surface area contributed by atoms with E-state index < -0.39 is 20.2 Å². The summed E-state index contributed by atoms with van der Waals surface area (Å²) in [6, 6.07) is 12.8. The van der Waals surface area contributed by atoms with Gasteiger partial charge < -0.3 is 25.1 Å². The fraction of sp³-hybridized carbons (Fsp3) is 0.0833. The van der Waals surface area contributed by atoms with E-state index in [1.807, 2.05) is 0 Å². The predicted octanol–water partition coefficient (Wildman–Crippen LogP) is 3.95. The molecule has 6 N–H and O–H groups in total. The molecule has 0 unspecified atom stereocenters. The highest BCUT2D eigenvalue weighted by Gasteiger charge is 2.22. The molecule has 5 aromatic rings. The Morgan fingerprint density at radius 2 is 1.16 bits per heavy atom. The summed E-state index contributed by atoms with van der Waals surface area (Å²) < 4.78 is 65.0. The van der Waals surface area contributed by atoms with Gasteiger partial charge in [0, 0.05) is 52.7 Å². The Balaban J connectivity index is 1.72. The summed E-state index contributed by atoms with van der Waals surface area (Å²) in [5.74, 6) is -0.470. The number of aromatic nitrogens is 2. The second kappa shape index (κ2) is 8.24. The molecular formula is C24H21N3O8S2. The van der Waals surface area contributed by atoms with Gasteiger partial charge >= 0.3 is 0 Å². The fourth-order valence-corrected chi connectivity index (χ4v) is 5.33. The predicted molar refractivity (Wildman–Crippen MR) is 138 cm³/mol. The third-order valence-electron chi connectivity index (χ3n) is 6.12. The summed E-state index contributed by atoms with van der Waals surface area (Å²) in [6.45, 7) is 0. The molecule has 2 aromatic heterocycles. The molecule has 37 heavy (non-hydrogen) atoms. The van der Waals surface area contributed by atoms with Crippen molar-refractivity contribution < 1.29 is 36.2 Å². The van der Waals surface area contributed by atoms with Gasteiger partial charge in [-0.05, 0) is 48.5 Å². The monoisotopic (exact) mass is 543 g/mol. The second-order valence-electron chi connectivity index (χ2n) is 8.69. The molecule has 2 heterocycles. The SMILES string of the molecule is CN(C)c1ccc(-c2[nH]c3ccc(S(=O)(=O)O)cc3c2O)cc1-c1[nH]c2ccc(S(=O)(=O)O)cc2c1O. The third-order valence-corrected chi connectivity index (χ3v) is 7.82. The maximum atomic E-state index is 11.6. The molecule has 0 aliphatic heterocycles. The summed E-state index contributed by atoms with van der Waals surface area (Å²) in [5, 5.41) is 22.3. The van der Waals surface area contributed by atoms with E-state index in [4.69, 9.17) is 0 Å². The lowest BCUT2D eigenvalue weighted by atomic mass is 10.0. The number of anilines is 1. The first kappa shape index (κ1) is 24.6. The Kier molecular flexibility index (Phi) is 5.49.